The Morgan fingerprint density at radius 1 is 1.38 bits per heavy atom. The van der Waals surface area contributed by atoms with E-state index < -0.39 is 0 Å². The van der Waals surface area contributed by atoms with E-state index in [-0.39, 0.29) is 0 Å². The van der Waals surface area contributed by atoms with Crippen LogP contribution in [-0.4, -0.2) is 25.0 Å². The van der Waals surface area contributed by atoms with Gasteiger partial charge in [-0.2, -0.15) is 0 Å². The molecule has 1 rings (SSSR count). The number of piperidine rings is 1. The monoisotopic (exact) mass is 239 g/mol. The van der Waals surface area contributed by atoms with Gasteiger partial charge in [0.1, 0.15) is 0 Å². The van der Waals surface area contributed by atoms with Gasteiger partial charge in [0, 0.05) is 0 Å². The molecule has 44 valence electrons. The van der Waals surface area contributed by atoms with Crippen molar-refractivity contribution in [3.8, 4) is 0 Å². The average Bonchev–Trinajstić information content (AvgIpc) is 1.77. The van der Waals surface area contributed by atoms with Crippen LogP contribution in [0.15, 0.2) is 0 Å². The quantitative estimate of drug-likeness (QED) is 0.610. The summed E-state index contributed by atoms with van der Waals surface area (Å²) in [5.41, 5.74) is 0. The van der Waals surface area contributed by atoms with Crippen molar-refractivity contribution in [2.75, 3.05) is 20.1 Å². The van der Waals surface area contributed by atoms with Crippen LogP contribution in [-0.2, 0) is 0 Å². The third-order valence-electron chi connectivity index (χ3n) is 1.76. The molecule has 0 atom stereocenters. The van der Waals surface area contributed by atoms with Gasteiger partial charge in [-0.25, -0.2) is 0 Å². The number of likely N-dealkylation sites (tertiary alicyclic amines) is 1. The van der Waals surface area contributed by atoms with Gasteiger partial charge in [-0.1, -0.05) is 0 Å². The molecule has 0 aromatic carbocycles. The van der Waals surface area contributed by atoms with Crippen molar-refractivity contribution in [3.05, 3.63) is 0 Å². The van der Waals surface area contributed by atoms with Gasteiger partial charge in [0.25, 0.3) is 0 Å². The molecule has 1 aliphatic heterocycles. The predicted octanol–water partition coefficient (Wildman–Crippen LogP) is 1.05. The van der Waals surface area contributed by atoms with Crippen LogP contribution in [0.1, 0.15) is 12.8 Å². The summed E-state index contributed by atoms with van der Waals surface area (Å²) in [4.78, 5) is 2.43. The summed E-state index contributed by atoms with van der Waals surface area (Å²) in [5, 5.41) is 0. The van der Waals surface area contributed by atoms with Gasteiger partial charge < -0.3 is 0 Å². The fourth-order valence-electron chi connectivity index (χ4n) is 1.03. The zero-order chi connectivity index (χ0) is 5.98. The Bertz CT molecular complexity index is 56.9. The normalized spacial score (nSPS) is 26.0. The van der Waals surface area contributed by atoms with E-state index in [9.17, 15) is 0 Å². The minimum atomic E-state index is 1.14. The topological polar surface area (TPSA) is 3.24 Å². The number of nitrogens with zero attached hydrogens (tertiary/aromatic N) is 1. The molecule has 0 N–H and O–H groups in total. The van der Waals surface area contributed by atoms with Gasteiger partial charge >= 0.3 is 78.6 Å². The van der Waals surface area contributed by atoms with Gasteiger partial charge in [0.05, 0.1) is 0 Å². The molecule has 0 saturated carbocycles. The third kappa shape index (κ3) is 2.28. The van der Waals surface area contributed by atoms with Gasteiger partial charge in [-0.15, -0.1) is 0 Å². The van der Waals surface area contributed by atoms with E-state index in [2.05, 4.69) is 11.9 Å². The minimum absolute atomic E-state index is 1.14. The molecule has 1 heterocycles. The number of rotatable bonds is 0. The Labute approximate surface area is 77.8 Å². The molecule has 1 saturated heterocycles. The van der Waals surface area contributed by atoms with Crippen molar-refractivity contribution in [3.63, 3.8) is 0 Å². The van der Waals surface area contributed by atoms with Gasteiger partial charge in [0.15, 0.2) is 0 Å². The first-order valence-electron chi connectivity index (χ1n) is 3.23. The molecule has 0 radical (unpaired) electrons. The van der Waals surface area contributed by atoms with Crippen LogP contribution in [0.25, 0.3) is 0 Å². The van der Waals surface area contributed by atoms with E-state index in [1.54, 1.807) is 0 Å². The molecule has 0 unspecified atom stereocenters. The first-order chi connectivity index (χ1) is 3.79. The summed E-state index contributed by atoms with van der Waals surface area (Å²) in [7, 11) is 2.22. The summed E-state index contributed by atoms with van der Waals surface area (Å²) < 4.78 is 1.14. The molecule has 8 heavy (non-hydrogen) atoms. The van der Waals surface area contributed by atoms with Crippen molar-refractivity contribution in [2.45, 2.75) is 14.3 Å². The van der Waals surface area contributed by atoms with Crippen LogP contribution in [0.4, 0.5) is 0 Å². The second kappa shape index (κ2) is 3.48. The molecular weight excluding hydrogens is 227 g/mol. The fourth-order valence-corrected chi connectivity index (χ4v) is 1.99. The molecule has 1 aliphatic rings. The van der Waals surface area contributed by atoms with Crippen molar-refractivity contribution in [1.29, 1.82) is 0 Å². The molecule has 2 heteroatoms. The van der Waals surface area contributed by atoms with E-state index in [0.29, 0.717) is 0 Å². The van der Waals surface area contributed by atoms with Crippen LogP contribution in [0, 0.1) is 39.2 Å². The van der Waals surface area contributed by atoms with Gasteiger partial charge in [0.2, 0.25) is 0 Å². The molecule has 0 spiro atoms. The first kappa shape index (κ1) is 7.43. The van der Waals surface area contributed by atoms with E-state index >= 15 is 0 Å². The SMILES string of the molecule is CN1CC[CH]([Pr])CC1. The molecule has 0 aromatic rings. The van der Waals surface area contributed by atoms with Gasteiger partial charge in [-0.05, 0) is 0 Å². The van der Waals surface area contributed by atoms with Crippen molar-refractivity contribution >= 4 is 0 Å². The van der Waals surface area contributed by atoms with E-state index in [4.69, 9.17) is 0 Å². The summed E-state index contributed by atoms with van der Waals surface area (Å²) in [5.74, 6) is 0. The fraction of sp³-hybridized carbons (Fsp3) is 1.00. The Morgan fingerprint density at radius 2 is 1.88 bits per heavy atom. The van der Waals surface area contributed by atoms with Crippen LogP contribution >= 0.6 is 0 Å². The van der Waals surface area contributed by atoms with Crippen molar-refractivity contribution in [2.24, 2.45) is 0 Å². The summed E-state index contributed by atoms with van der Waals surface area (Å²) in [6, 6.07) is 0. The first-order valence-corrected chi connectivity index (χ1v) is 5.37. The molecular formula is C6H12NPr. The van der Waals surface area contributed by atoms with Crippen LogP contribution in [0.5, 0.6) is 0 Å². The van der Waals surface area contributed by atoms with Gasteiger partial charge in [-0.3, -0.25) is 0 Å². The van der Waals surface area contributed by atoms with Crippen LogP contribution < -0.4 is 0 Å². The Kier molecular flexibility index (Phi) is 3.23. The molecule has 1 fully saturated rings. The molecule has 0 aromatic heterocycles. The molecule has 0 aliphatic carbocycles. The Morgan fingerprint density at radius 3 is 2.25 bits per heavy atom. The second-order valence-electron chi connectivity index (χ2n) is 2.64. The molecule has 0 bridgehead atoms. The second-order valence-corrected chi connectivity index (χ2v) is 5.67. The zero-order valence-corrected chi connectivity index (χ0v) is 9.13. The average molecular weight is 239 g/mol. The van der Waals surface area contributed by atoms with E-state index in [1.807, 2.05) is 0 Å². The molecule has 1 nitrogen and oxygen atoms in total. The number of hydrogen-bond acceptors (Lipinski definition) is 1. The Hall–Kier alpha value is 1.32. The van der Waals surface area contributed by atoms with Crippen LogP contribution in [0.3, 0.4) is 0 Å². The third-order valence-corrected chi connectivity index (χ3v) is 3.90. The predicted molar refractivity (Wildman–Crippen MR) is 30.5 cm³/mol. The van der Waals surface area contributed by atoms with E-state index in [0.717, 1.165) is 1.50 Å². The summed E-state index contributed by atoms with van der Waals surface area (Å²) >= 11 is 1.23. The molecule has 0 amide bonds. The summed E-state index contributed by atoms with van der Waals surface area (Å²) in [6.45, 7) is 2.70. The zero-order valence-electron chi connectivity index (χ0n) is 5.43. The number of hydrogen-bond donors (Lipinski definition) is 0. The van der Waals surface area contributed by atoms with Crippen molar-refractivity contribution < 1.29 is 39.2 Å². The maximum absolute atomic E-state index is 2.43. The Balaban J connectivity index is 2.19. The van der Waals surface area contributed by atoms with Crippen LogP contribution in [0.2, 0.25) is 1.50 Å². The summed E-state index contributed by atoms with van der Waals surface area (Å²) in [6.07, 6.45) is 2.95. The van der Waals surface area contributed by atoms with E-state index in [1.165, 1.54) is 65.1 Å². The standard InChI is InChI=1S/C6H12N.Pr/c1-7-5-3-2-4-6-7;/h2H,3-6H2,1H3;. The van der Waals surface area contributed by atoms with Crippen molar-refractivity contribution in [1.82, 2.24) is 4.90 Å². The maximum atomic E-state index is 2.43.